The van der Waals surface area contributed by atoms with Gasteiger partial charge >= 0.3 is 0 Å². The summed E-state index contributed by atoms with van der Waals surface area (Å²) in [5.41, 5.74) is 6.86. The van der Waals surface area contributed by atoms with Gasteiger partial charge in [0.2, 0.25) is 0 Å². The predicted octanol–water partition coefficient (Wildman–Crippen LogP) is 0.697. The second-order valence-electron chi connectivity index (χ2n) is 0.939. The third kappa shape index (κ3) is 1.36. The van der Waals surface area contributed by atoms with E-state index in [9.17, 15) is 0 Å². The van der Waals surface area contributed by atoms with Gasteiger partial charge in [0.15, 0.2) is 0 Å². The molecule has 0 saturated carbocycles. The zero-order valence-electron chi connectivity index (χ0n) is 3.52. The molecule has 0 bridgehead atoms. The molecule has 2 heteroatoms. The van der Waals surface area contributed by atoms with Crippen molar-refractivity contribution >= 4 is 0 Å². The zero-order valence-corrected chi connectivity index (χ0v) is 3.52. The van der Waals surface area contributed by atoms with Gasteiger partial charge in [0.25, 0.3) is 0 Å². The Morgan fingerprint density at radius 3 is 2.50 bits per heavy atom. The molecule has 0 unspecified atom stereocenters. The molecule has 0 aliphatic heterocycles. The SMILES string of the molecule is CC(C#N)=C[NH]. The lowest BCUT2D eigenvalue weighted by Gasteiger charge is -1.69. The molecule has 0 aromatic rings. The molecule has 6 heavy (non-hydrogen) atoms. The van der Waals surface area contributed by atoms with E-state index in [-0.39, 0.29) is 0 Å². The monoisotopic (exact) mass is 81.0 g/mol. The van der Waals surface area contributed by atoms with Crippen LogP contribution in [-0.2, 0) is 0 Å². The van der Waals surface area contributed by atoms with Gasteiger partial charge < -0.3 is 5.73 Å². The highest BCUT2D eigenvalue weighted by Crippen LogP contribution is 1.80. The molecule has 0 aromatic carbocycles. The maximum absolute atomic E-state index is 7.90. The highest BCUT2D eigenvalue weighted by Gasteiger charge is 1.72. The van der Waals surface area contributed by atoms with E-state index in [1.807, 2.05) is 0 Å². The van der Waals surface area contributed by atoms with E-state index in [0.29, 0.717) is 5.57 Å². The molecule has 0 fully saturated rings. The summed E-state index contributed by atoms with van der Waals surface area (Å²) >= 11 is 0. The average Bonchev–Trinajstić information content (AvgIpc) is 1.65. The maximum Gasteiger partial charge on any atom is 0.0960 e. The van der Waals surface area contributed by atoms with Crippen LogP contribution < -0.4 is 5.73 Å². The number of allylic oxidation sites excluding steroid dienone is 1. The third-order valence-corrected chi connectivity index (χ3v) is 0.393. The van der Waals surface area contributed by atoms with E-state index in [1.165, 1.54) is 0 Å². The van der Waals surface area contributed by atoms with Crippen molar-refractivity contribution in [3.63, 3.8) is 0 Å². The minimum atomic E-state index is 0.440. The zero-order chi connectivity index (χ0) is 4.99. The van der Waals surface area contributed by atoms with E-state index in [4.69, 9.17) is 11.0 Å². The van der Waals surface area contributed by atoms with Gasteiger partial charge in [-0.15, -0.1) is 0 Å². The Labute approximate surface area is 36.9 Å². The number of nitrogens with one attached hydrogen (secondary N) is 1. The van der Waals surface area contributed by atoms with Crippen molar-refractivity contribution in [2.45, 2.75) is 6.92 Å². The highest BCUT2D eigenvalue weighted by atomic mass is 14.5. The lowest BCUT2D eigenvalue weighted by Crippen LogP contribution is -1.64. The number of nitriles is 1. The van der Waals surface area contributed by atoms with E-state index in [2.05, 4.69) is 0 Å². The molecule has 0 rings (SSSR count). The average molecular weight is 81.1 g/mol. The molecule has 0 amide bonds. The third-order valence-electron chi connectivity index (χ3n) is 0.393. The number of hydrogen-bond acceptors (Lipinski definition) is 1. The summed E-state index contributed by atoms with van der Waals surface area (Å²) in [7, 11) is 0. The highest BCUT2D eigenvalue weighted by molar-refractivity contribution is 5.14. The molecule has 1 radical (unpaired) electrons. The number of rotatable bonds is 0. The Morgan fingerprint density at radius 2 is 2.50 bits per heavy atom. The first-order chi connectivity index (χ1) is 2.81. The first kappa shape index (κ1) is 5.03. The van der Waals surface area contributed by atoms with Crippen molar-refractivity contribution in [2.75, 3.05) is 0 Å². The second-order valence-corrected chi connectivity index (χ2v) is 0.939. The van der Waals surface area contributed by atoms with Gasteiger partial charge in [-0.1, -0.05) is 0 Å². The molecule has 0 aliphatic rings. The van der Waals surface area contributed by atoms with Gasteiger partial charge in [0.1, 0.15) is 0 Å². The molecule has 0 heterocycles. The standard InChI is InChI=1S/C4H5N2/c1-4(2-5)3-6/h2,5H,1H3. The minimum Gasteiger partial charge on any atom is -0.308 e. The summed E-state index contributed by atoms with van der Waals surface area (Å²) in [6.07, 6.45) is 1.03. The van der Waals surface area contributed by atoms with Crippen LogP contribution in [-0.4, -0.2) is 0 Å². The van der Waals surface area contributed by atoms with Crippen LogP contribution in [0, 0.1) is 11.3 Å². The van der Waals surface area contributed by atoms with Gasteiger partial charge in [-0.3, -0.25) is 0 Å². The fraction of sp³-hybridized carbons (Fsp3) is 0.250. The van der Waals surface area contributed by atoms with Crippen LogP contribution in [0.3, 0.4) is 0 Å². The molecule has 0 saturated heterocycles. The fourth-order valence-corrected chi connectivity index (χ4v) is 0.0323. The predicted molar refractivity (Wildman–Crippen MR) is 22.5 cm³/mol. The minimum absolute atomic E-state index is 0.440. The second kappa shape index (κ2) is 2.28. The Kier molecular flexibility index (Phi) is 1.91. The van der Waals surface area contributed by atoms with Crippen molar-refractivity contribution in [1.29, 1.82) is 5.26 Å². The van der Waals surface area contributed by atoms with Crippen molar-refractivity contribution < 1.29 is 0 Å². The molecule has 0 aromatic heterocycles. The van der Waals surface area contributed by atoms with Gasteiger partial charge in [-0.25, -0.2) is 0 Å². The van der Waals surface area contributed by atoms with Crippen LogP contribution in [0.4, 0.5) is 0 Å². The number of nitrogens with zero attached hydrogens (tertiary/aromatic N) is 1. The van der Waals surface area contributed by atoms with E-state index < -0.39 is 0 Å². The van der Waals surface area contributed by atoms with Gasteiger partial charge in [-0.2, -0.15) is 5.26 Å². The maximum atomic E-state index is 7.90. The number of hydrogen-bond donors (Lipinski definition) is 0. The van der Waals surface area contributed by atoms with Gasteiger partial charge in [0, 0.05) is 11.8 Å². The summed E-state index contributed by atoms with van der Waals surface area (Å²) in [6, 6.07) is 1.79. The van der Waals surface area contributed by atoms with Crippen molar-refractivity contribution in [1.82, 2.24) is 5.73 Å². The summed E-state index contributed by atoms with van der Waals surface area (Å²) in [4.78, 5) is 0. The summed E-state index contributed by atoms with van der Waals surface area (Å²) < 4.78 is 0. The summed E-state index contributed by atoms with van der Waals surface area (Å²) in [5.74, 6) is 0. The van der Waals surface area contributed by atoms with Crippen LogP contribution in [0.1, 0.15) is 6.92 Å². The molecule has 0 aliphatic carbocycles. The lowest BCUT2D eigenvalue weighted by atomic mass is 10.4. The van der Waals surface area contributed by atoms with E-state index in [0.717, 1.165) is 6.20 Å². The van der Waals surface area contributed by atoms with Crippen LogP contribution >= 0.6 is 0 Å². The van der Waals surface area contributed by atoms with Crippen molar-refractivity contribution in [3.8, 4) is 6.07 Å². The molecule has 0 spiro atoms. The first-order valence-electron chi connectivity index (χ1n) is 1.55. The Balaban J connectivity index is 3.61. The van der Waals surface area contributed by atoms with E-state index in [1.54, 1.807) is 13.0 Å². The molecule has 31 valence electrons. The Morgan fingerprint density at radius 1 is 2.00 bits per heavy atom. The topological polar surface area (TPSA) is 47.6 Å². The Bertz CT molecular complexity index is 96.6. The molecular formula is C4H5N2. The summed E-state index contributed by atoms with van der Waals surface area (Å²) in [5, 5.41) is 7.90. The smallest absolute Gasteiger partial charge is 0.0960 e. The first-order valence-corrected chi connectivity index (χ1v) is 1.55. The van der Waals surface area contributed by atoms with Crippen LogP contribution in [0.25, 0.3) is 0 Å². The molecule has 0 atom stereocenters. The van der Waals surface area contributed by atoms with Crippen molar-refractivity contribution in [2.24, 2.45) is 0 Å². The largest absolute Gasteiger partial charge is 0.308 e. The molecular weight excluding hydrogens is 76.1 g/mol. The van der Waals surface area contributed by atoms with E-state index >= 15 is 0 Å². The Hall–Kier alpha value is -0.970. The quantitative estimate of drug-likeness (QED) is 0.396. The van der Waals surface area contributed by atoms with Crippen LogP contribution in [0.5, 0.6) is 0 Å². The van der Waals surface area contributed by atoms with Gasteiger partial charge in [-0.05, 0) is 6.92 Å². The van der Waals surface area contributed by atoms with Crippen LogP contribution in [0.15, 0.2) is 11.8 Å². The normalized spacial score (nSPS) is 10.3. The van der Waals surface area contributed by atoms with Gasteiger partial charge in [0.05, 0.1) is 6.07 Å². The summed E-state index contributed by atoms with van der Waals surface area (Å²) in [6.45, 7) is 1.59. The fourth-order valence-electron chi connectivity index (χ4n) is 0.0323. The van der Waals surface area contributed by atoms with Crippen LogP contribution in [0.2, 0.25) is 0 Å². The molecule has 1 N–H and O–H groups in total. The van der Waals surface area contributed by atoms with Crippen molar-refractivity contribution in [3.05, 3.63) is 11.8 Å². The molecule has 2 nitrogen and oxygen atoms in total. The lowest BCUT2D eigenvalue weighted by molar-refractivity contribution is 1.38.